The van der Waals surface area contributed by atoms with E-state index in [9.17, 15) is 9.50 Å². The SMILES string of the molecule is CC1CCC(O)(c2cccc(F)c2)C(C)C1. The molecule has 3 atom stereocenters. The molecule has 1 aliphatic rings. The first-order valence-electron chi connectivity index (χ1n) is 6.01. The quantitative estimate of drug-likeness (QED) is 0.771. The fraction of sp³-hybridized carbons (Fsp3) is 0.571. The molecule has 0 aliphatic heterocycles. The smallest absolute Gasteiger partial charge is 0.123 e. The van der Waals surface area contributed by atoms with Crippen LogP contribution in [0.2, 0.25) is 0 Å². The molecule has 0 bridgehead atoms. The average molecular weight is 222 g/mol. The van der Waals surface area contributed by atoms with Crippen LogP contribution in [0.4, 0.5) is 4.39 Å². The van der Waals surface area contributed by atoms with Gasteiger partial charge < -0.3 is 5.11 Å². The highest BCUT2D eigenvalue weighted by Gasteiger charge is 2.39. The summed E-state index contributed by atoms with van der Waals surface area (Å²) in [5.74, 6) is 0.582. The summed E-state index contributed by atoms with van der Waals surface area (Å²) in [6, 6.07) is 6.39. The predicted octanol–water partition coefficient (Wildman–Crippen LogP) is 3.47. The molecule has 0 spiro atoms. The second kappa shape index (κ2) is 4.17. The number of benzene rings is 1. The highest BCUT2D eigenvalue weighted by atomic mass is 19.1. The lowest BCUT2D eigenvalue weighted by Crippen LogP contribution is -2.38. The first-order valence-corrected chi connectivity index (χ1v) is 6.01. The molecule has 1 aliphatic carbocycles. The molecule has 0 aromatic heterocycles. The van der Waals surface area contributed by atoms with E-state index in [4.69, 9.17) is 0 Å². The molecule has 0 amide bonds. The maximum atomic E-state index is 13.2. The zero-order chi connectivity index (χ0) is 11.8. The second-order valence-corrected chi connectivity index (χ2v) is 5.22. The molecular weight excluding hydrogens is 203 g/mol. The van der Waals surface area contributed by atoms with E-state index in [0.29, 0.717) is 5.92 Å². The molecule has 2 heteroatoms. The molecule has 16 heavy (non-hydrogen) atoms. The van der Waals surface area contributed by atoms with Crippen molar-refractivity contribution in [1.82, 2.24) is 0 Å². The Bertz CT molecular complexity index is 377. The minimum Gasteiger partial charge on any atom is -0.385 e. The normalized spacial score (nSPS) is 35.0. The molecule has 2 rings (SSSR count). The van der Waals surface area contributed by atoms with Crippen molar-refractivity contribution in [2.45, 2.75) is 38.7 Å². The van der Waals surface area contributed by atoms with Crippen LogP contribution in [0.15, 0.2) is 24.3 Å². The van der Waals surface area contributed by atoms with E-state index in [1.807, 2.05) is 6.07 Å². The Kier molecular flexibility index (Phi) is 3.02. The summed E-state index contributed by atoms with van der Waals surface area (Å²) >= 11 is 0. The van der Waals surface area contributed by atoms with Gasteiger partial charge in [-0.2, -0.15) is 0 Å². The molecule has 0 saturated heterocycles. The van der Waals surface area contributed by atoms with Crippen molar-refractivity contribution in [2.75, 3.05) is 0 Å². The minimum absolute atomic E-state index is 0.193. The summed E-state index contributed by atoms with van der Waals surface area (Å²) < 4.78 is 13.2. The maximum Gasteiger partial charge on any atom is 0.123 e. The van der Waals surface area contributed by atoms with Crippen molar-refractivity contribution in [3.05, 3.63) is 35.6 Å². The van der Waals surface area contributed by atoms with E-state index in [1.165, 1.54) is 12.1 Å². The van der Waals surface area contributed by atoms with E-state index >= 15 is 0 Å². The molecule has 88 valence electrons. The zero-order valence-corrected chi connectivity index (χ0v) is 9.91. The van der Waals surface area contributed by atoms with Gasteiger partial charge in [0.1, 0.15) is 5.82 Å². The predicted molar refractivity (Wildman–Crippen MR) is 62.5 cm³/mol. The maximum absolute atomic E-state index is 13.2. The van der Waals surface area contributed by atoms with E-state index in [-0.39, 0.29) is 11.7 Å². The van der Waals surface area contributed by atoms with Gasteiger partial charge in [0, 0.05) is 0 Å². The summed E-state index contributed by atoms with van der Waals surface area (Å²) in [5.41, 5.74) is -0.110. The molecule has 1 fully saturated rings. The van der Waals surface area contributed by atoms with Crippen molar-refractivity contribution in [3.63, 3.8) is 0 Å². The zero-order valence-electron chi connectivity index (χ0n) is 9.91. The van der Waals surface area contributed by atoms with Crippen molar-refractivity contribution < 1.29 is 9.50 Å². The van der Waals surface area contributed by atoms with Crippen LogP contribution in [0.3, 0.4) is 0 Å². The van der Waals surface area contributed by atoms with Gasteiger partial charge in [0.15, 0.2) is 0 Å². The van der Waals surface area contributed by atoms with Crippen molar-refractivity contribution in [1.29, 1.82) is 0 Å². The van der Waals surface area contributed by atoms with Gasteiger partial charge >= 0.3 is 0 Å². The summed E-state index contributed by atoms with van der Waals surface area (Å²) in [7, 11) is 0. The van der Waals surface area contributed by atoms with E-state index in [2.05, 4.69) is 13.8 Å². The second-order valence-electron chi connectivity index (χ2n) is 5.22. The van der Waals surface area contributed by atoms with Crippen LogP contribution in [0.1, 0.15) is 38.7 Å². The van der Waals surface area contributed by atoms with Crippen LogP contribution < -0.4 is 0 Å². The lowest BCUT2D eigenvalue weighted by atomic mass is 9.69. The van der Waals surface area contributed by atoms with Gasteiger partial charge in [0.25, 0.3) is 0 Å². The Balaban J connectivity index is 2.31. The van der Waals surface area contributed by atoms with Crippen LogP contribution in [-0.4, -0.2) is 5.11 Å². The third kappa shape index (κ3) is 1.99. The van der Waals surface area contributed by atoms with Gasteiger partial charge in [-0.15, -0.1) is 0 Å². The first-order chi connectivity index (χ1) is 7.52. The van der Waals surface area contributed by atoms with Crippen LogP contribution in [0.25, 0.3) is 0 Å². The number of hydrogen-bond acceptors (Lipinski definition) is 1. The van der Waals surface area contributed by atoms with Crippen LogP contribution >= 0.6 is 0 Å². The average Bonchev–Trinajstić information content (AvgIpc) is 2.24. The number of halogens is 1. The number of rotatable bonds is 1. The third-order valence-electron chi connectivity index (χ3n) is 3.91. The Morgan fingerprint density at radius 1 is 1.38 bits per heavy atom. The molecular formula is C14H19FO. The van der Waals surface area contributed by atoms with Gasteiger partial charge in [0.05, 0.1) is 5.60 Å². The lowest BCUT2D eigenvalue weighted by Gasteiger charge is -2.41. The number of aliphatic hydroxyl groups is 1. The van der Waals surface area contributed by atoms with Gasteiger partial charge in [-0.05, 0) is 48.8 Å². The summed E-state index contributed by atoms with van der Waals surface area (Å²) in [6.45, 7) is 4.27. The topological polar surface area (TPSA) is 20.2 Å². The summed E-state index contributed by atoms with van der Waals surface area (Å²) in [4.78, 5) is 0. The van der Waals surface area contributed by atoms with E-state index < -0.39 is 5.60 Å². The minimum atomic E-state index is -0.839. The van der Waals surface area contributed by atoms with Gasteiger partial charge in [-0.25, -0.2) is 4.39 Å². The van der Waals surface area contributed by atoms with Crippen molar-refractivity contribution in [2.24, 2.45) is 11.8 Å². The van der Waals surface area contributed by atoms with E-state index in [1.54, 1.807) is 6.07 Å². The Hall–Kier alpha value is -0.890. The first kappa shape index (κ1) is 11.6. The van der Waals surface area contributed by atoms with Gasteiger partial charge in [0.2, 0.25) is 0 Å². The molecule has 3 unspecified atom stereocenters. The molecule has 1 saturated carbocycles. The fourth-order valence-corrected chi connectivity index (χ4v) is 2.82. The largest absolute Gasteiger partial charge is 0.385 e. The van der Waals surface area contributed by atoms with Crippen molar-refractivity contribution in [3.8, 4) is 0 Å². The monoisotopic (exact) mass is 222 g/mol. The standard InChI is InChI=1S/C14H19FO/c1-10-6-7-14(16,11(2)8-10)12-4-3-5-13(15)9-12/h3-5,9-11,16H,6-8H2,1-2H3. The Labute approximate surface area is 96.3 Å². The highest BCUT2D eigenvalue weighted by molar-refractivity contribution is 5.24. The highest BCUT2D eigenvalue weighted by Crippen LogP contribution is 2.43. The number of hydrogen-bond donors (Lipinski definition) is 1. The summed E-state index contributed by atoms with van der Waals surface area (Å²) in [6.07, 6.45) is 2.75. The van der Waals surface area contributed by atoms with Crippen LogP contribution in [0, 0.1) is 17.7 Å². The van der Waals surface area contributed by atoms with Crippen molar-refractivity contribution >= 4 is 0 Å². The molecule has 1 aromatic rings. The molecule has 1 aromatic carbocycles. The molecule has 0 heterocycles. The van der Waals surface area contributed by atoms with Crippen LogP contribution in [-0.2, 0) is 5.60 Å². The van der Waals surface area contributed by atoms with E-state index in [0.717, 1.165) is 24.8 Å². The lowest BCUT2D eigenvalue weighted by molar-refractivity contribution is -0.0589. The molecule has 1 nitrogen and oxygen atoms in total. The van der Waals surface area contributed by atoms with Gasteiger partial charge in [-0.3, -0.25) is 0 Å². The van der Waals surface area contributed by atoms with Gasteiger partial charge in [-0.1, -0.05) is 26.0 Å². The fourth-order valence-electron chi connectivity index (χ4n) is 2.82. The Morgan fingerprint density at radius 2 is 2.12 bits per heavy atom. The van der Waals surface area contributed by atoms with Crippen LogP contribution in [0.5, 0.6) is 0 Å². The Morgan fingerprint density at radius 3 is 2.75 bits per heavy atom. The molecule has 1 N–H and O–H groups in total. The summed E-state index contributed by atoms with van der Waals surface area (Å²) in [5, 5.41) is 10.7. The molecule has 0 radical (unpaired) electrons. The third-order valence-corrected chi connectivity index (χ3v) is 3.91.